The minimum atomic E-state index is 0.719. The molecule has 0 aliphatic rings. The summed E-state index contributed by atoms with van der Waals surface area (Å²) in [7, 11) is 1.67. The Kier molecular flexibility index (Phi) is 7.24. The van der Waals surface area contributed by atoms with Gasteiger partial charge < -0.3 is 14.8 Å². The highest BCUT2D eigenvalue weighted by atomic mass is 35.5. The van der Waals surface area contributed by atoms with E-state index in [9.17, 15) is 0 Å². The molecule has 23 heavy (non-hydrogen) atoms. The van der Waals surface area contributed by atoms with Crippen molar-refractivity contribution in [3.05, 3.63) is 58.6 Å². The van der Waals surface area contributed by atoms with Crippen LogP contribution in [0.5, 0.6) is 11.5 Å². The molecule has 1 N–H and O–H groups in total. The SMILES string of the molecule is CCCCOc1ccc(CNCc2ccccc2Cl)cc1OC. The summed E-state index contributed by atoms with van der Waals surface area (Å²) in [5.41, 5.74) is 2.25. The second-order valence-corrected chi connectivity index (χ2v) is 5.79. The molecular formula is C19H24ClNO2. The monoisotopic (exact) mass is 333 g/mol. The van der Waals surface area contributed by atoms with Crippen LogP contribution in [0.2, 0.25) is 5.02 Å². The molecule has 0 fully saturated rings. The Morgan fingerprint density at radius 1 is 1.04 bits per heavy atom. The lowest BCUT2D eigenvalue weighted by molar-refractivity contribution is 0.288. The van der Waals surface area contributed by atoms with Gasteiger partial charge in [0.1, 0.15) is 0 Å². The summed E-state index contributed by atoms with van der Waals surface area (Å²) in [6, 6.07) is 13.9. The fourth-order valence-electron chi connectivity index (χ4n) is 2.25. The molecule has 0 radical (unpaired) electrons. The Hall–Kier alpha value is -1.71. The van der Waals surface area contributed by atoms with Crippen molar-refractivity contribution in [3.63, 3.8) is 0 Å². The van der Waals surface area contributed by atoms with Crippen LogP contribution in [-0.4, -0.2) is 13.7 Å². The highest BCUT2D eigenvalue weighted by Crippen LogP contribution is 2.28. The maximum absolute atomic E-state index is 6.16. The lowest BCUT2D eigenvalue weighted by Gasteiger charge is -2.12. The topological polar surface area (TPSA) is 30.5 Å². The first-order valence-electron chi connectivity index (χ1n) is 7.98. The Morgan fingerprint density at radius 2 is 1.87 bits per heavy atom. The molecule has 0 unspecified atom stereocenters. The quantitative estimate of drug-likeness (QED) is 0.667. The van der Waals surface area contributed by atoms with Gasteiger partial charge in [0.25, 0.3) is 0 Å². The van der Waals surface area contributed by atoms with E-state index >= 15 is 0 Å². The zero-order valence-electron chi connectivity index (χ0n) is 13.8. The standard InChI is InChI=1S/C19H24ClNO2/c1-3-4-11-23-18-10-9-15(12-19(18)22-2)13-21-14-16-7-5-6-8-17(16)20/h5-10,12,21H,3-4,11,13-14H2,1-2H3. The minimum Gasteiger partial charge on any atom is -0.493 e. The van der Waals surface area contributed by atoms with Gasteiger partial charge in [0, 0.05) is 18.1 Å². The van der Waals surface area contributed by atoms with Gasteiger partial charge in [-0.15, -0.1) is 0 Å². The summed E-state index contributed by atoms with van der Waals surface area (Å²) >= 11 is 6.16. The van der Waals surface area contributed by atoms with Crippen LogP contribution in [-0.2, 0) is 13.1 Å². The van der Waals surface area contributed by atoms with Crippen molar-refractivity contribution in [1.82, 2.24) is 5.32 Å². The highest BCUT2D eigenvalue weighted by molar-refractivity contribution is 6.31. The molecule has 0 aliphatic heterocycles. The third kappa shape index (κ3) is 5.45. The summed E-state index contributed by atoms with van der Waals surface area (Å²) in [6.45, 7) is 4.35. The average molecular weight is 334 g/mol. The predicted molar refractivity (Wildman–Crippen MR) is 95.4 cm³/mol. The number of methoxy groups -OCH3 is 1. The van der Waals surface area contributed by atoms with E-state index in [-0.39, 0.29) is 0 Å². The fraction of sp³-hybridized carbons (Fsp3) is 0.368. The predicted octanol–water partition coefficient (Wildman–Crippen LogP) is 4.82. The molecule has 0 bridgehead atoms. The first-order valence-corrected chi connectivity index (χ1v) is 8.36. The van der Waals surface area contributed by atoms with Crippen molar-refractivity contribution in [2.24, 2.45) is 0 Å². The van der Waals surface area contributed by atoms with Crippen LogP contribution in [0.3, 0.4) is 0 Å². The van der Waals surface area contributed by atoms with Gasteiger partial charge in [-0.1, -0.05) is 49.2 Å². The second kappa shape index (κ2) is 9.43. The molecule has 3 nitrogen and oxygen atoms in total. The van der Waals surface area contributed by atoms with E-state index in [2.05, 4.69) is 18.3 Å². The van der Waals surface area contributed by atoms with Crippen LogP contribution in [0.4, 0.5) is 0 Å². The zero-order valence-corrected chi connectivity index (χ0v) is 14.5. The smallest absolute Gasteiger partial charge is 0.161 e. The van der Waals surface area contributed by atoms with Gasteiger partial charge in [-0.05, 0) is 35.7 Å². The molecule has 0 aromatic heterocycles. The average Bonchev–Trinajstić information content (AvgIpc) is 2.57. The number of hydrogen-bond acceptors (Lipinski definition) is 3. The van der Waals surface area contributed by atoms with Crippen molar-refractivity contribution < 1.29 is 9.47 Å². The second-order valence-electron chi connectivity index (χ2n) is 5.38. The Morgan fingerprint density at radius 3 is 2.61 bits per heavy atom. The molecule has 0 amide bonds. The number of hydrogen-bond donors (Lipinski definition) is 1. The van der Waals surface area contributed by atoms with Crippen LogP contribution >= 0.6 is 11.6 Å². The van der Waals surface area contributed by atoms with Crippen molar-refractivity contribution in [2.75, 3.05) is 13.7 Å². The van der Waals surface area contributed by atoms with Crippen LogP contribution in [0.1, 0.15) is 30.9 Å². The summed E-state index contributed by atoms with van der Waals surface area (Å²) in [5.74, 6) is 1.58. The van der Waals surface area contributed by atoms with Crippen LogP contribution in [0.25, 0.3) is 0 Å². The maximum atomic E-state index is 6.16. The van der Waals surface area contributed by atoms with Crippen LogP contribution < -0.4 is 14.8 Å². The van der Waals surface area contributed by atoms with Crippen molar-refractivity contribution in [3.8, 4) is 11.5 Å². The molecular weight excluding hydrogens is 310 g/mol. The minimum absolute atomic E-state index is 0.719. The molecule has 2 aromatic carbocycles. The largest absolute Gasteiger partial charge is 0.493 e. The number of rotatable bonds is 9. The first-order chi connectivity index (χ1) is 11.2. The van der Waals surface area contributed by atoms with Gasteiger partial charge >= 0.3 is 0 Å². The van der Waals surface area contributed by atoms with E-state index in [1.54, 1.807) is 7.11 Å². The van der Waals surface area contributed by atoms with Gasteiger partial charge in [-0.25, -0.2) is 0 Å². The third-order valence-electron chi connectivity index (χ3n) is 3.59. The lowest BCUT2D eigenvalue weighted by atomic mass is 10.2. The van der Waals surface area contributed by atoms with E-state index in [1.807, 2.05) is 36.4 Å². The molecule has 0 spiro atoms. The number of nitrogens with one attached hydrogen (secondary N) is 1. The Balaban J connectivity index is 1.91. The van der Waals surface area contributed by atoms with Gasteiger partial charge in [0.15, 0.2) is 11.5 Å². The van der Waals surface area contributed by atoms with Crippen LogP contribution in [0, 0.1) is 0 Å². The van der Waals surface area contributed by atoms with E-state index < -0.39 is 0 Å². The molecule has 0 atom stereocenters. The summed E-state index contributed by atoms with van der Waals surface area (Å²) in [5, 5.41) is 4.19. The third-order valence-corrected chi connectivity index (χ3v) is 3.95. The van der Waals surface area contributed by atoms with Crippen molar-refractivity contribution >= 4 is 11.6 Å². The molecule has 2 aromatic rings. The van der Waals surface area contributed by atoms with E-state index in [1.165, 1.54) is 0 Å². The molecule has 0 saturated heterocycles. The molecule has 0 aliphatic carbocycles. The molecule has 124 valence electrons. The Bertz CT molecular complexity index is 616. The number of unbranched alkanes of at least 4 members (excludes halogenated alkanes) is 1. The number of benzene rings is 2. The van der Waals surface area contributed by atoms with Gasteiger partial charge in [-0.3, -0.25) is 0 Å². The molecule has 0 saturated carbocycles. The molecule has 2 rings (SSSR count). The number of ether oxygens (including phenoxy) is 2. The summed E-state index contributed by atoms with van der Waals surface area (Å²) in [6.07, 6.45) is 2.16. The summed E-state index contributed by atoms with van der Waals surface area (Å²) < 4.78 is 11.2. The van der Waals surface area contributed by atoms with Crippen molar-refractivity contribution in [1.29, 1.82) is 0 Å². The zero-order chi connectivity index (χ0) is 16.5. The highest BCUT2D eigenvalue weighted by Gasteiger charge is 2.06. The maximum Gasteiger partial charge on any atom is 0.161 e. The van der Waals surface area contributed by atoms with Gasteiger partial charge in [0.2, 0.25) is 0 Å². The van der Waals surface area contributed by atoms with Gasteiger partial charge in [0.05, 0.1) is 13.7 Å². The lowest BCUT2D eigenvalue weighted by Crippen LogP contribution is -2.13. The normalized spacial score (nSPS) is 10.6. The molecule has 0 heterocycles. The van der Waals surface area contributed by atoms with Crippen LogP contribution in [0.15, 0.2) is 42.5 Å². The van der Waals surface area contributed by atoms with E-state index in [4.69, 9.17) is 21.1 Å². The Labute approximate surface area is 143 Å². The van der Waals surface area contributed by atoms with E-state index in [0.29, 0.717) is 0 Å². The number of halogens is 1. The first kappa shape index (κ1) is 17.6. The summed E-state index contributed by atoms with van der Waals surface area (Å²) in [4.78, 5) is 0. The van der Waals surface area contributed by atoms with E-state index in [0.717, 1.165) is 60.2 Å². The van der Waals surface area contributed by atoms with Gasteiger partial charge in [-0.2, -0.15) is 0 Å². The molecule has 4 heteroatoms. The van der Waals surface area contributed by atoms with Crippen molar-refractivity contribution in [2.45, 2.75) is 32.9 Å². The fourth-order valence-corrected chi connectivity index (χ4v) is 2.45.